The number of fused-ring (bicyclic) bond motifs is 4. The van der Waals surface area contributed by atoms with Gasteiger partial charge < -0.3 is 19.6 Å². The first-order chi connectivity index (χ1) is 47.4. The van der Waals surface area contributed by atoms with E-state index in [-0.39, 0.29) is 29.6 Å². The summed E-state index contributed by atoms with van der Waals surface area (Å²) in [6.07, 6.45) is 40.0. The largest absolute Gasteiger partial charge is 0.334 e. The molecule has 0 aromatic heterocycles. The molecule has 2 heterocycles. The van der Waals surface area contributed by atoms with Crippen LogP contribution in [0.1, 0.15) is 144 Å². The van der Waals surface area contributed by atoms with E-state index in [0.717, 1.165) is 74.1 Å². The number of benzene rings is 8. The maximum atomic E-state index is 3.06. The molecule has 0 saturated heterocycles. The van der Waals surface area contributed by atoms with E-state index in [0.29, 0.717) is 35.5 Å². The molecule has 6 aliphatic carbocycles. The maximum absolute atomic E-state index is 3.06. The van der Waals surface area contributed by atoms with Gasteiger partial charge in [0.25, 0.3) is 6.71 Å². The third kappa shape index (κ3) is 12.1. The first kappa shape index (κ1) is 63.2. The Labute approximate surface area is 581 Å². The SMILES string of the molecule is CC(C)(C)C1C=C(C2CC=CCC2)C(N2c3cc(N(c4ccccc4)c4ccccc4)ccc3B3c4ccc(N(c5ccccc5)c5ccccc5)cc4N(C4C(C5CC=CCC5)=CC(C(C)(C)C)CC4C4=CCCCC4)c4cc(-c5ccccc5)cc2c43)C(C2=CCCCC2)C1. The molecule has 4 nitrogen and oxygen atoms in total. The second-order valence-corrected chi connectivity index (χ2v) is 31.8. The van der Waals surface area contributed by atoms with Crippen LogP contribution in [0.2, 0.25) is 0 Å². The van der Waals surface area contributed by atoms with Crippen LogP contribution in [0.25, 0.3) is 11.1 Å². The van der Waals surface area contributed by atoms with Crippen LogP contribution in [0, 0.1) is 46.3 Å². The lowest BCUT2D eigenvalue weighted by molar-refractivity contribution is 0.220. The first-order valence-electron chi connectivity index (χ1n) is 37.4. The van der Waals surface area contributed by atoms with Crippen LogP contribution in [0.5, 0.6) is 0 Å². The highest BCUT2D eigenvalue weighted by atomic mass is 15.2. The Balaban J connectivity index is 1.05. The molecule has 0 saturated carbocycles. The minimum absolute atomic E-state index is 0.0779. The number of rotatable bonds is 13. The van der Waals surface area contributed by atoms with Gasteiger partial charge >= 0.3 is 0 Å². The van der Waals surface area contributed by atoms with Crippen LogP contribution in [0.4, 0.5) is 56.9 Å². The number of hydrogen-bond acceptors (Lipinski definition) is 4. The van der Waals surface area contributed by atoms with Gasteiger partial charge in [0, 0.05) is 68.7 Å². The molecule has 8 aliphatic rings. The van der Waals surface area contributed by atoms with E-state index in [1.165, 1.54) is 113 Å². The van der Waals surface area contributed by atoms with E-state index < -0.39 is 0 Å². The van der Waals surface area contributed by atoms with Gasteiger partial charge in [-0.25, -0.2) is 0 Å². The van der Waals surface area contributed by atoms with Crippen molar-refractivity contribution in [3.63, 3.8) is 0 Å². The van der Waals surface area contributed by atoms with Crippen molar-refractivity contribution in [2.45, 2.75) is 156 Å². The van der Waals surface area contributed by atoms with Gasteiger partial charge in [0.15, 0.2) is 0 Å². The molecule has 8 unspecified atom stereocenters. The minimum atomic E-state index is -0.0779. The summed E-state index contributed by atoms with van der Waals surface area (Å²) >= 11 is 0. The van der Waals surface area contributed by atoms with Gasteiger partial charge in [0.1, 0.15) is 0 Å². The molecule has 0 radical (unpaired) electrons. The molecule has 5 heteroatoms. The van der Waals surface area contributed by atoms with Gasteiger partial charge in [0.2, 0.25) is 0 Å². The zero-order valence-electron chi connectivity index (χ0n) is 58.5. The van der Waals surface area contributed by atoms with E-state index >= 15 is 0 Å². The Morgan fingerprint density at radius 3 is 1.12 bits per heavy atom. The van der Waals surface area contributed by atoms with Crippen molar-refractivity contribution < 1.29 is 0 Å². The Kier molecular flexibility index (Phi) is 17.4. The summed E-state index contributed by atoms with van der Waals surface area (Å²) in [6.45, 7) is 15.1. The van der Waals surface area contributed by atoms with Crippen molar-refractivity contribution in [1.29, 1.82) is 0 Å². The topological polar surface area (TPSA) is 13.0 Å². The fraction of sp³-hybridized carbons (Fsp3) is 0.348. The van der Waals surface area contributed by atoms with Gasteiger partial charge in [-0.2, -0.15) is 0 Å². The molecule has 2 aliphatic heterocycles. The lowest BCUT2D eigenvalue weighted by Gasteiger charge is -2.55. The number of allylic oxidation sites excluding steroid dienone is 8. The molecular formula is C92H99BN4. The van der Waals surface area contributed by atoms with Crippen LogP contribution >= 0.6 is 0 Å². The quantitative estimate of drug-likeness (QED) is 0.0842. The molecule has 8 atom stereocenters. The molecule has 97 heavy (non-hydrogen) atoms. The van der Waals surface area contributed by atoms with E-state index in [2.05, 4.69) is 310 Å². The Morgan fingerprint density at radius 2 is 0.773 bits per heavy atom. The fourth-order valence-electron chi connectivity index (χ4n) is 18.9. The van der Waals surface area contributed by atoms with E-state index in [9.17, 15) is 0 Å². The number of anilines is 10. The molecule has 0 bridgehead atoms. The monoisotopic (exact) mass is 1270 g/mol. The average Bonchev–Trinajstić information content (AvgIpc) is 0.687. The van der Waals surface area contributed by atoms with Gasteiger partial charge in [-0.1, -0.05) is 217 Å². The molecule has 490 valence electrons. The maximum Gasteiger partial charge on any atom is 0.252 e. The van der Waals surface area contributed by atoms with Gasteiger partial charge in [0.05, 0.1) is 12.1 Å². The zero-order chi connectivity index (χ0) is 65.8. The fourth-order valence-corrected chi connectivity index (χ4v) is 18.9. The normalized spacial score (nSPS) is 23.8. The molecular weight excluding hydrogens is 1170 g/mol. The van der Waals surface area contributed by atoms with Crippen LogP contribution in [-0.2, 0) is 0 Å². The van der Waals surface area contributed by atoms with E-state index in [4.69, 9.17) is 0 Å². The van der Waals surface area contributed by atoms with Crippen LogP contribution in [-0.4, -0.2) is 18.8 Å². The first-order valence-corrected chi connectivity index (χ1v) is 37.4. The van der Waals surface area contributed by atoms with Gasteiger partial charge in [-0.3, -0.25) is 0 Å². The smallest absolute Gasteiger partial charge is 0.252 e. The van der Waals surface area contributed by atoms with E-state index in [1.54, 1.807) is 22.3 Å². The molecule has 0 spiro atoms. The summed E-state index contributed by atoms with van der Waals surface area (Å²) < 4.78 is 0. The van der Waals surface area contributed by atoms with Crippen molar-refractivity contribution in [3.8, 4) is 11.1 Å². The molecule has 8 aromatic carbocycles. The average molecular weight is 1270 g/mol. The van der Waals surface area contributed by atoms with Crippen molar-refractivity contribution in [3.05, 3.63) is 271 Å². The summed E-state index contributed by atoms with van der Waals surface area (Å²) in [7, 11) is 0. The molecule has 16 rings (SSSR count). The van der Waals surface area contributed by atoms with Crippen molar-refractivity contribution in [2.75, 3.05) is 19.6 Å². The predicted molar refractivity (Wildman–Crippen MR) is 415 cm³/mol. The molecule has 0 amide bonds. The van der Waals surface area contributed by atoms with Crippen molar-refractivity contribution >= 4 is 80.0 Å². The molecule has 0 fully saturated rings. The lowest BCUT2D eigenvalue weighted by atomic mass is 9.33. The third-order valence-corrected chi connectivity index (χ3v) is 23.9. The number of nitrogens with zero attached hydrogens (tertiary/aromatic N) is 4. The Hall–Kier alpha value is -8.54. The number of hydrogen-bond donors (Lipinski definition) is 0. The van der Waals surface area contributed by atoms with E-state index in [1.807, 2.05) is 0 Å². The molecule has 0 N–H and O–H groups in total. The van der Waals surface area contributed by atoms with Gasteiger partial charge in [-0.15, -0.1) is 0 Å². The van der Waals surface area contributed by atoms with Gasteiger partial charge in [-0.05, 0) is 261 Å². The summed E-state index contributed by atoms with van der Waals surface area (Å²) in [6, 6.07) is 77.3. The highest BCUT2D eigenvalue weighted by Crippen LogP contribution is 2.57. The highest BCUT2D eigenvalue weighted by molar-refractivity contribution is 7.00. The zero-order valence-corrected chi connectivity index (χ0v) is 58.5. The summed E-state index contributed by atoms with van der Waals surface area (Å²) in [5, 5.41) is 0. The van der Waals surface area contributed by atoms with Crippen molar-refractivity contribution in [1.82, 2.24) is 0 Å². The highest BCUT2D eigenvalue weighted by Gasteiger charge is 2.53. The van der Waals surface area contributed by atoms with Crippen LogP contribution < -0.4 is 36.0 Å². The second-order valence-electron chi connectivity index (χ2n) is 31.8. The van der Waals surface area contributed by atoms with Crippen LogP contribution in [0.3, 0.4) is 0 Å². The minimum Gasteiger partial charge on any atom is -0.334 e. The summed E-state index contributed by atoms with van der Waals surface area (Å²) in [5.41, 5.74) is 26.2. The van der Waals surface area contributed by atoms with Crippen molar-refractivity contribution in [2.24, 2.45) is 46.3 Å². The lowest BCUT2D eigenvalue weighted by Crippen LogP contribution is -2.65. The Morgan fingerprint density at radius 1 is 0.381 bits per heavy atom. The standard InChI is InChI=1S/C92H99BN4/c1-91(2,3)70-58-78(65-36-18-8-19-37-65)89(79(59-70)66-38-20-9-21-39-66)96-84-62-76(94(72-44-26-12-27-45-72)73-46-28-13-29-47-73)52-54-82(84)93-83-55-53-77(95(74-48-30-14-31-49-74)75-50-32-15-33-51-75)63-85(83)97(87-57-69(56-86(96)88(87)93)64-34-16-7-17-35-64)90-80(67-40-22-10-23-41-67)60-71(92(4,5)6)61-81(90)68-42-24-11-25-43-68/h7-8,10,12-18,22,26-35,38,42,44-58,60,62-63,65,67,70-71,79,81,89-90H,9,11,19-21,23-25,36-37,39-41,43,59,61H2,1-6H3. The van der Waals surface area contributed by atoms with Crippen LogP contribution in [0.15, 0.2) is 271 Å². The number of para-hydroxylation sites is 4. The third-order valence-electron chi connectivity index (χ3n) is 23.9. The second kappa shape index (κ2) is 26.7. The predicted octanol–water partition coefficient (Wildman–Crippen LogP) is 23.4. The summed E-state index contributed by atoms with van der Waals surface area (Å²) in [4.78, 5) is 11.2. The molecule has 8 aromatic rings. The Bertz CT molecular complexity index is 4000. The summed E-state index contributed by atoms with van der Waals surface area (Å²) in [5.74, 6) is 2.38.